The molecule has 180 valence electrons. The van der Waals surface area contributed by atoms with Gasteiger partial charge in [0.2, 0.25) is 0 Å². The smallest absolute Gasteiger partial charge is 0.407 e. The van der Waals surface area contributed by atoms with Gasteiger partial charge in [0.1, 0.15) is 6.61 Å². The molecule has 0 spiro atoms. The average Bonchev–Trinajstić information content (AvgIpc) is 3.20. The van der Waals surface area contributed by atoms with E-state index < -0.39 is 12.1 Å². The van der Waals surface area contributed by atoms with Crippen LogP contribution in [0, 0.1) is 0 Å². The number of rotatable bonds is 9. The van der Waals surface area contributed by atoms with Gasteiger partial charge in [-0.2, -0.15) is 0 Å². The van der Waals surface area contributed by atoms with Gasteiger partial charge in [0, 0.05) is 31.1 Å². The van der Waals surface area contributed by atoms with E-state index in [1.165, 1.54) is 16.0 Å². The molecule has 4 rings (SSSR count). The van der Waals surface area contributed by atoms with E-state index in [1.54, 1.807) is 24.3 Å². The molecule has 3 aromatic carbocycles. The normalized spacial score (nSPS) is 11.9. The van der Waals surface area contributed by atoms with Gasteiger partial charge in [-0.05, 0) is 46.9 Å². The molecule has 2 amide bonds. The van der Waals surface area contributed by atoms with E-state index in [9.17, 15) is 14.4 Å². The molecule has 7 heteroatoms. The summed E-state index contributed by atoms with van der Waals surface area (Å²) < 4.78 is 5.56. The molecule has 1 aliphatic rings. The van der Waals surface area contributed by atoms with E-state index in [4.69, 9.17) is 9.84 Å². The molecule has 0 saturated heterocycles. The first-order valence-corrected chi connectivity index (χ1v) is 11.7. The number of hydrogen-bond donors (Lipinski definition) is 2. The third-order valence-corrected chi connectivity index (χ3v) is 6.25. The highest BCUT2D eigenvalue weighted by Crippen LogP contribution is 2.44. The van der Waals surface area contributed by atoms with E-state index >= 15 is 0 Å². The molecule has 3 aromatic rings. The fourth-order valence-corrected chi connectivity index (χ4v) is 4.41. The Morgan fingerprint density at radius 2 is 1.51 bits per heavy atom. The van der Waals surface area contributed by atoms with Crippen molar-refractivity contribution < 1.29 is 24.2 Å². The largest absolute Gasteiger partial charge is 0.481 e. The minimum atomic E-state index is -0.939. The van der Waals surface area contributed by atoms with Crippen LogP contribution in [0.4, 0.5) is 4.79 Å². The van der Waals surface area contributed by atoms with Crippen LogP contribution in [0.25, 0.3) is 11.1 Å². The number of benzene rings is 3. The number of nitrogens with one attached hydrogen (secondary N) is 1. The van der Waals surface area contributed by atoms with Crippen LogP contribution in [-0.2, 0) is 16.1 Å². The van der Waals surface area contributed by atoms with Gasteiger partial charge in [-0.15, -0.1) is 0 Å². The maximum absolute atomic E-state index is 12.6. The van der Waals surface area contributed by atoms with Crippen LogP contribution >= 0.6 is 0 Å². The van der Waals surface area contributed by atoms with Gasteiger partial charge in [0.25, 0.3) is 5.91 Å². The molecule has 0 fully saturated rings. The number of alkyl carbamates (subject to hydrolysis) is 1. The van der Waals surface area contributed by atoms with Crippen molar-refractivity contribution in [3.8, 4) is 11.1 Å². The van der Waals surface area contributed by atoms with Crippen LogP contribution in [0.1, 0.15) is 46.3 Å². The highest BCUT2D eigenvalue weighted by atomic mass is 16.5. The molecular weight excluding hydrogens is 444 g/mol. The lowest BCUT2D eigenvalue weighted by Gasteiger charge is -2.20. The Hall–Kier alpha value is -4.13. The number of carboxylic acid groups (broad SMARTS) is 1. The third-order valence-electron chi connectivity index (χ3n) is 6.25. The van der Waals surface area contributed by atoms with E-state index in [1.807, 2.05) is 31.2 Å². The fraction of sp³-hybridized carbons (Fsp3) is 0.250. The van der Waals surface area contributed by atoms with Crippen molar-refractivity contribution in [2.75, 3.05) is 19.7 Å². The molecule has 1 aliphatic carbocycles. The lowest BCUT2D eigenvalue weighted by molar-refractivity contribution is -0.137. The maximum Gasteiger partial charge on any atom is 0.407 e. The molecule has 7 nitrogen and oxygen atoms in total. The van der Waals surface area contributed by atoms with Crippen molar-refractivity contribution in [1.82, 2.24) is 10.2 Å². The van der Waals surface area contributed by atoms with Crippen LogP contribution in [0.15, 0.2) is 72.8 Å². The van der Waals surface area contributed by atoms with Crippen LogP contribution in [0.5, 0.6) is 0 Å². The quantitative estimate of drug-likeness (QED) is 0.472. The zero-order valence-corrected chi connectivity index (χ0v) is 19.6. The average molecular weight is 473 g/mol. The summed E-state index contributed by atoms with van der Waals surface area (Å²) in [5, 5.41) is 11.6. The van der Waals surface area contributed by atoms with Crippen LogP contribution < -0.4 is 5.32 Å². The van der Waals surface area contributed by atoms with Gasteiger partial charge in [0.15, 0.2) is 0 Å². The summed E-state index contributed by atoms with van der Waals surface area (Å²) in [6.45, 7) is 2.91. The minimum Gasteiger partial charge on any atom is -0.481 e. The minimum absolute atomic E-state index is 0.00100. The highest BCUT2D eigenvalue weighted by Gasteiger charge is 2.29. The van der Waals surface area contributed by atoms with Crippen molar-refractivity contribution >= 4 is 18.0 Å². The molecular formula is C28H28N2O5. The highest BCUT2D eigenvalue weighted by molar-refractivity contribution is 5.94. The Balaban J connectivity index is 1.30. The first kappa shape index (κ1) is 24.0. The van der Waals surface area contributed by atoms with E-state index in [-0.39, 0.29) is 37.9 Å². The zero-order chi connectivity index (χ0) is 24.8. The first-order chi connectivity index (χ1) is 17.0. The van der Waals surface area contributed by atoms with Crippen molar-refractivity contribution in [1.29, 1.82) is 0 Å². The fourth-order valence-electron chi connectivity index (χ4n) is 4.41. The lowest BCUT2D eigenvalue weighted by Crippen LogP contribution is -2.32. The summed E-state index contributed by atoms with van der Waals surface area (Å²) >= 11 is 0. The number of hydrogen-bond acceptors (Lipinski definition) is 4. The molecule has 35 heavy (non-hydrogen) atoms. The van der Waals surface area contributed by atoms with Crippen LogP contribution in [0.3, 0.4) is 0 Å². The van der Waals surface area contributed by atoms with Crippen LogP contribution in [0.2, 0.25) is 0 Å². The second kappa shape index (κ2) is 10.9. The standard InChI is InChI=1S/C28H28N2O5/c1-2-30(16-15-26(31)32)27(33)20-13-11-19(12-14-20)17-29-28(34)35-18-25-23-9-5-3-7-21(23)22-8-4-6-10-24(22)25/h3-14,25H,2,15-18H2,1H3,(H,29,34)(H,31,32). The molecule has 0 bridgehead atoms. The Morgan fingerprint density at radius 3 is 2.09 bits per heavy atom. The van der Waals surface area contributed by atoms with Gasteiger partial charge in [-0.1, -0.05) is 60.7 Å². The van der Waals surface area contributed by atoms with Gasteiger partial charge in [-0.25, -0.2) is 4.79 Å². The van der Waals surface area contributed by atoms with Crippen molar-refractivity contribution in [3.05, 3.63) is 95.1 Å². The van der Waals surface area contributed by atoms with Crippen LogP contribution in [-0.4, -0.2) is 47.7 Å². The summed E-state index contributed by atoms with van der Waals surface area (Å²) in [6.07, 6.45) is -0.598. The molecule has 0 aromatic heterocycles. The van der Waals surface area contributed by atoms with Gasteiger partial charge < -0.3 is 20.1 Å². The van der Waals surface area contributed by atoms with Gasteiger partial charge in [0.05, 0.1) is 6.42 Å². The Labute approximate surface area is 204 Å². The molecule has 0 saturated carbocycles. The summed E-state index contributed by atoms with van der Waals surface area (Å²) in [6, 6.07) is 23.3. The van der Waals surface area contributed by atoms with Gasteiger partial charge >= 0.3 is 12.1 Å². The summed E-state index contributed by atoms with van der Waals surface area (Å²) in [5.74, 6) is -1.16. The topological polar surface area (TPSA) is 95.9 Å². The van der Waals surface area contributed by atoms with Gasteiger partial charge in [-0.3, -0.25) is 9.59 Å². The summed E-state index contributed by atoms with van der Waals surface area (Å²) in [5.41, 5.74) is 5.97. The SMILES string of the molecule is CCN(CCC(=O)O)C(=O)c1ccc(CNC(=O)OCC2c3ccccc3-c3ccccc32)cc1. The van der Waals surface area contributed by atoms with E-state index in [0.29, 0.717) is 12.1 Å². The first-order valence-electron chi connectivity index (χ1n) is 11.7. The molecule has 2 N–H and O–H groups in total. The number of nitrogens with zero attached hydrogens (tertiary/aromatic N) is 1. The van der Waals surface area contributed by atoms with Crippen molar-refractivity contribution in [2.24, 2.45) is 0 Å². The Kier molecular flexibility index (Phi) is 7.45. The molecule has 0 unspecified atom stereocenters. The molecule has 0 heterocycles. The molecule has 0 aliphatic heterocycles. The van der Waals surface area contributed by atoms with E-state index in [0.717, 1.165) is 16.7 Å². The summed E-state index contributed by atoms with van der Waals surface area (Å²) in [4.78, 5) is 37.3. The van der Waals surface area contributed by atoms with E-state index in [2.05, 4.69) is 29.6 Å². The number of carboxylic acids is 1. The lowest BCUT2D eigenvalue weighted by atomic mass is 9.98. The van der Waals surface area contributed by atoms with Crippen molar-refractivity contribution in [3.63, 3.8) is 0 Å². The Morgan fingerprint density at radius 1 is 0.914 bits per heavy atom. The van der Waals surface area contributed by atoms with Crippen molar-refractivity contribution in [2.45, 2.75) is 25.8 Å². The predicted molar refractivity (Wildman–Crippen MR) is 132 cm³/mol. The third kappa shape index (κ3) is 5.51. The monoisotopic (exact) mass is 472 g/mol. The molecule has 0 radical (unpaired) electrons. The number of fused-ring (bicyclic) bond motifs is 3. The molecule has 0 atom stereocenters. The second-order valence-corrected chi connectivity index (χ2v) is 8.40. The maximum atomic E-state index is 12.6. The number of ether oxygens (including phenoxy) is 1. The second-order valence-electron chi connectivity index (χ2n) is 8.40. The zero-order valence-electron chi connectivity index (χ0n) is 19.6. The number of carbonyl (C=O) groups excluding carboxylic acids is 2. The number of amides is 2. The predicted octanol–water partition coefficient (Wildman–Crippen LogP) is 4.66. The summed E-state index contributed by atoms with van der Waals surface area (Å²) in [7, 11) is 0. The Bertz CT molecular complexity index is 1180. The number of aliphatic carboxylic acids is 1. The number of carbonyl (C=O) groups is 3.